The Balaban J connectivity index is 1.61. The molecule has 3 rings (SSSR count). The Morgan fingerprint density at radius 3 is 2.29 bits per heavy atom. The van der Waals surface area contributed by atoms with Gasteiger partial charge in [0.05, 0.1) is 5.60 Å². The van der Waals surface area contributed by atoms with E-state index in [0.29, 0.717) is 5.92 Å². The minimum Gasteiger partial charge on any atom is -0.387 e. The molecule has 0 radical (unpaired) electrons. The van der Waals surface area contributed by atoms with Gasteiger partial charge in [-0.2, -0.15) is 0 Å². The molecule has 0 amide bonds. The standard InChI is InChI=1S/C15H21NO/c1-11-5-12(2)7-13(6-11)8-16-9-15(17,10-16)14-3-4-14/h5-7,14,17H,3-4,8-10H2,1-2H3. The van der Waals surface area contributed by atoms with Crippen molar-refractivity contribution in [3.8, 4) is 0 Å². The summed E-state index contributed by atoms with van der Waals surface area (Å²) in [4.78, 5) is 2.35. The lowest BCUT2D eigenvalue weighted by Gasteiger charge is -2.47. The van der Waals surface area contributed by atoms with E-state index in [2.05, 4.69) is 36.9 Å². The Morgan fingerprint density at radius 2 is 1.76 bits per heavy atom. The van der Waals surface area contributed by atoms with Crippen molar-refractivity contribution in [3.63, 3.8) is 0 Å². The third kappa shape index (κ3) is 2.24. The van der Waals surface area contributed by atoms with Gasteiger partial charge in [0.2, 0.25) is 0 Å². The second-order valence-electron chi connectivity index (χ2n) is 6.02. The van der Waals surface area contributed by atoms with Crippen LogP contribution in [0.15, 0.2) is 18.2 Å². The molecule has 1 aliphatic heterocycles. The molecule has 92 valence electrons. The molecule has 0 atom stereocenters. The van der Waals surface area contributed by atoms with E-state index in [9.17, 15) is 5.11 Å². The smallest absolute Gasteiger partial charge is 0.0928 e. The Kier molecular flexibility index (Phi) is 2.53. The molecule has 1 N–H and O–H groups in total. The number of aliphatic hydroxyl groups is 1. The van der Waals surface area contributed by atoms with E-state index < -0.39 is 0 Å². The van der Waals surface area contributed by atoms with Crippen molar-refractivity contribution in [2.75, 3.05) is 13.1 Å². The van der Waals surface area contributed by atoms with Crippen LogP contribution in [0, 0.1) is 19.8 Å². The summed E-state index contributed by atoms with van der Waals surface area (Å²) in [6.45, 7) is 7.01. The fourth-order valence-corrected chi connectivity index (χ4v) is 3.14. The van der Waals surface area contributed by atoms with Gasteiger partial charge >= 0.3 is 0 Å². The van der Waals surface area contributed by atoms with Crippen LogP contribution in [0.2, 0.25) is 0 Å². The largest absolute Gasteiger partial charge is 0.387 e. The number of benzene rings is 1. The van der Waals surface area contributed by atoms with E-state index in [-0.39, 0.29) is 5.60 Å². The summed E-state index contributed by atoms with van der Waals surface area (Å²) >= 11 is 0. The predicted octanol–water partition coefficient (Wildman–Crippen LogP) is 2.26. The minimum absolute atomic E-state index is 0.348. The van der Waals surface area contributed by atoms with Crippen LogP contribution in [-0.2, 0) is 6.54 Å². The summed E-state index contributed by atoms with van der Waals surface area (Å²) in [5.41, 5.74) is 3.69. The first-order valence-corrected chi connectivity index (χ1v) is 6.57. The van der Waals surface area contributed by atoms with Crippen LogP contribution in [-0.4, -0.2) is 28.7 Å². The zero-order valence-electron chi connectivity index (χ0n) is 10.7. The summed E-state index contributed by atoms with van der Waals surface area (Å²) in [6.07, 6.45) is 2.46. The average Bonchev–Trinajstić information content (AvgIpc) is 2.95. The van der Waals surface area contributed by atoms with Crippen molar-refractivity contribution >= 4 is 0 Å². The lowest BCUT2D eigenvalue weighted by molar-refractivity contribution is -0.116. The zero-order valence-corrected chi connectivity index (χ0v) is 10.7. The summed E-state index contributed by atoms with van der Waals surface area (Å²) < 4.78 is 0. The number of rotatable bonds is 3. The van der Waals surface area contributed by atoms with Crippen molar-refractivity contribution in [3.05, 3.63) is 34.9 Å². The molecular formula is C15H21NO. The fraction of sp³-hybridized carbons (Fsp3) is 0.600. The van der Waals surface area contributed by atoms with Crippen LogP contribution in [0.1, 0.15) is 29.5 Å². The molecular weight excluding hydrogens is 210 g/mol. The van der Waals surface area contributed by atoms with Gasteiger partial charge in [-0.3, -0.25) is 4.90 Å². The summed E-state index contributed by atoms with van der Waals surface area (Å²) in [5, 5.41) is 10.3. The fourth-order valence-electron chi connectivity index (χ4n) is 3.14. The van der Waals surface area contributed by atoms with Gasteiger partial charge in [-0.15, -0.1) is 0 Å². The molecule has 2 heteroatoms. The van der Waals surface area contributed by atoms with Gasteiger partial charge in [0.15, 0.2) is 0 Å². The monoisotopic (exact) mass is 231 g/mol. The van der Waals surface area contributed by atoms with Crippen molar-refractivity contribution in [1.29, 1.82) is 0 Å². The van der Waals surface area contributed by atoms with Crippen LogP contribution >= 0.6 is 0 Å². The highest BCUT2D eigenvalue weighted by molar-refractivity contribution is 5.28. The Labute approximate surface area is 103 Å². The zero-order chi connectivity index (χ0) is 12.0. The molecule has 0 aromatic heterocycles. The molecule has 0 unspecified atom stereocenters. The highest BCUT2D eigenvalue weighted by Crippen LogP contribution is 2.44. The second-order valence-corrected chi connectivity index (χ2v) is 6.02. The molecule has 17 heavy (non-hydrogen) atoms. The first-order valence-electron chi connectivity index (χ1n) is 6.57. The van der Waals surface area contributed by atoms with Gasteiger partial charge in [-0.1, -0.05) is 29.3 Å². The molecule has 0 bridgehead atoms. The number of likely N-dealkylation sites (tertiary alicyclic amines) is 1. The summed E-state index contributed by atoms with van der Waals surface area (Å²) in [5.74, 6) is 0.595. The van der Waals surface area contributed by atoms with E-state index in [1.807, 2.05) is 0 Å². The molecule has 0 spiro atoms. The van der Waals surface area contributed by atoms with E-state index in [4.69, 9.17) is 0 Å². The highest BCUT2D eigenvalue weighted by Gasteiger charge is 2.51. The second kappa shape index (κ2) is 3.82. The lowest BCUT2D eigenvalue weighted by Crippen LogP contribution is -2.62. The van der Waals surface area contributed by atoms with Crippen molar-refractivity contribution in [2.24, 2.45) is 5.92 Å². The van der Waals surface area contributed by atoms with E-state index in [1.54, 1.807) is 0 Å². The van der Waals surface area contributed by atoms with Crippen LogP contribution < -0.4 is 0 Å². The Morgan fingerprint density at radius 1 is 1.18 bits per heavy atom. The maximum atomic E-state index is 10.3. The average molecular weight is 231 g/mol. The van der Waals surface area contributed by atoms with Gasteiger partial charge in [-0.25, -0.2) is 0 Å². The highest BCUT2D eigenvalue weighted by atomic mass is 16.3. The predicted molar refractivity (Wildman–Crippen MR) is 68.9 cm³/mol. The Bertz CT molecular complexity index is 410. The van der Waals surface area contributed by atoms with Crippen molar-refractivity contribution < 1.29 is 5.11 Å². The molecule has 1 saturated heterocycles. The number of hydrogen-bond donors (Lipinski definition) is 1. The molecule has 1 aromatic rings. The number of β-amino-alcohol motifs (C(OH)–C–C–N with tert-alkyl or cyclic N) is 1. The normalized spacial score (nSPS) is 23.5. The topological polar surface area (TPSA) is 23.5 Å². The first kappa shape index (κ1) is 11.2. The lowest BCUT2D eigenvalue weighted by atomic mass is 9.88. The van der Waals surface area contributed by atoms with Gasteiger partial charge in [0.25, 0.3) is 0 Å². The molecule has 1 aromatic carbocycles. The van der Waals surface area contributed by atoms with Gasteiger partial charge in [-0.05, 0) is 38.2 Å². The quantitative estimate of drug-likeness (QED) is 0.862. The molecule has 1 saturated carbocycles. The minimum atomic E-state index is -0.348. The third-order valence-electron chi connectivity index (χ3n) is 4.02. The van der Waals surface area contributed by atoms with Crippen LogP contribution in [0.25, 0.3) is 0 Å². The van der Waals surface area contributed by atoms with E-state index in [1.165, 1.54) is 29.5 Å². The van der Waals surface area contributed by atoms with Gasteiger partial charge < -0.3 is 5.11 Å². The molecule has 2 nitrogen and oxygen atoms in total. The van der Waals surface area contributed by atoms with Gasteiger partial charge in [0.1, 0.15) is 0 Å². The molecule has 1 heterocycles. The Hall–Kier alpha value is -0.860. The van der Waals surface area contributed by atoms with Gasteiger partial charge in [0, 0.05) is 19.6 Å². The van der Waals surface area contributed by atoms with Crippen molar-refractivity contribution in [2.45, 2.75) is 38.8 Å². The van der Waals surface area contributed by atoms with E-state index >= 15 is 0 Å². The maximum Gasteiger partial charge on any atom is 0.0928 e. The maximum absolute atomic E-state index is 10.3. The van der Waals surface area contributed by atoms with Crippen LogP contribution in [0.3, 0.4) is 0 Å². The SMILES string of the molecule is Cc1cc(C)cc(CN2CC(O)(C3CC3)C2)c1. The number of nitrogens with zero attached hydrogens (tertiary/aromatic N) is 1. The molecule has 2 fully saturated rings. The number of hydrogen-bond acceptors (Lipinski definition) is 2. The first-order chi connectivity index (χ1) is 8.05. The van der Waals surface area contributed by atoms with Crippen LogP contribution in [0.4, 0.5) is 0 Å². The number of aryl methyl sites for hydroxylation is 2. The summed E-state index contributed by atoms with van der Waals surface area (Å²) in [6, 6.07) is 6.71. The molecule has 1 aliphatic carbocycles. The molecule has 2 aliphatic rings. The third-order valence-corrected chi connectivity index (χ3v) is 4.02. The van der Waals surface area contributed by atoms with Crippen molar-refractivity contribution in [1.82, 2.24) is 4.90 Å². The summed E-state index contributed by atoms with van der Waals surface area (Å²) in [7, 11) is 0. The van der Waals surface area contributed by atoms with Crippen LogP contribution in [0.5, 0.6) is 0 Å². The van der Waals surface area contributed by atoms with E-state index in [0.717, 1.165) is 19.6 Å².